The number of rotatable bonds is 5. The molecule has 0 bridgehead atoms. The summed E-state index contributed by atoms with van der Waals surface area (Å²) in [5.41, 5.74) is 1.44. The lowest BCUT2D eigenvalue weighted by atomic mass is 10.2. The van der Waals surface area contributed by atoms with Crippen LogP contribution in [0.3, 0.4) is 0 Å². The van der Waals surface area contributed by atoms with Crippen molar-refractivity contribution in [1.82, 2.24) is 15.5 Å². The number of aromatic hydroxyl groups is 1. The van der Waals surface area contributed by atoms with Gasteiger partial charge in [-0.15, -0.1) is 0 Å². The summed E-state index contributed by atoms with van der Waals surface area (Å²) in [5.74, 6) is 0.984. The number of amides is 1. The molecule has 3 N–H and O–H groups in total. The van der Waals surface area contributed by atoms with Crippen LogP contribution in [0.15, 0.2) is 53.5 Å². The molecule has 29 heavy (non-hydrogen) atoms. The van der Waals surface area contributed by atoms with E-state index in [4.69, 9.17) is 11.6 Å². The molecule has 1 aliphatic rings. The Balaban J connectivity index is 1.42. The molecule has 3 rings (SSSR count). The topological polar surface area (TPSA) is 80.2 Å². The van der Waals surface area contributed by atoms with Crippen molar-refractivity contribution in [2.45, 2.75) is 0 Å². The largest absolute Gasteiger partial charge is 0.506 e. The summed E-state index contributed by atoms with van der Waals surface area (Å²) in [4.78, 5) is 20.8. The lowest BCUT2D eigenvalue weighted by molar-refractivity contribution is 0.0954. The molecular formula is C21H26ClN5O2. The molecule has 1 amide bonds. The van der Waals surface area contributed by atoms with Crippen molar-refractivity contribution in [3.63, 3.8) is 0 Å². The molecule has 1 fully saturated rings. The van der Waals surface area contributed by atoms with Gasteiger partial charge in [0.1, 0.15) is 5.75 Å². The molecule has 2 aromatic rings. The molecule has 0 atom stereocenters. The number of aliphatic imine (C=N–C) groups is 1. The molecular weight excluding hydrogens is 390 g/mol. The third kappa shape index (κ3) is 5.54. The summed E-state index contributed by atoms with van der Waals surface area (Å²) < 4.78 is 0. The van der Waals surface area contributed by atoms with Crippen LogP contribution in [0.4, 0.5) is 5.69 Å². The van der Waals surface area contributed by atoms with E-state index in [1.807, 2.05) is 18.2 Å². The maximum atomic E-state index is 12.1. The fourth-order valence-electron chi connectivity index (χ4n) is 3.28. The number of carbonyl (C=O) groups excluding carboxylic acids is 1. The molecule has 0 saturated carbocycles. The van der Waals surface area contributed by atoms with Gasteiger partial charge in [-0.05, 0) is 36.4 Å². The molecule has 154 valence electrons. The number of hydrogen-bond donors (Lipinski definition) is 3. The van der Waals surface area contributed by atoms with Gasteiger partial charge in [0.2, 0.25) is 0 Å². The van der Waals surface area contributed by atoms with E-state index in [2.05, 4.69) is 25.4 Å². The maximum Gasteiger partial charge on any atom is 0.251 e. The van der Waals surface area contributed by atoms with Crippen LogP contribution in [0.25, 0.3) is 0 Å². The van der Waals surface area contributed by atoms with E-state index in [1.54, 1.807) is 37.4 Å². The van der Waals surface area contributed by atoms with Crippen molar-refractivity contribution in [3.8, 4) is 5.75 Å². The lowest BCUT2D eigenvalue weighted by Crippen LogP contribution is -2.53. The van der Waals surface area contributed by atoms with E-state index in [0.29, 0.717) is 29.4 Å². The Morgan fingerprint density at radius 3 is 2.34 bits per heavy atom. The van der Waals surface area contributed by atoms with E-state index in [9.17, 15) is 9.90 Å². The van der Waals surface area contributed by atoms with E-state index in [0.717, 1.165) is 37.8 Å². The van der Waals surface area contributed by atoms with Crippen LogP contribution in [0.2, 0.25) is 5.02 Å². The quantitative estimate of drug-likeness (QED) is 0.396. The Kier molecular flexibility index (Phi) is 7.19. The predicted octanol–water partition coefficient (Wildman–Crippen LogP) is 2.17. The highest BCUT2D eigenvalue weighted by molar-refractivity contribution is 6.30. The first-order valence-corrected chi connectivity index (χ1v) is 9.98. The molecule has 0 radical (unpaired) electrons. The van der Waals surface area contributed by atoms with Crippen LogP contribution in [0, 0.1) is 0 Å². The SMILES string of the molecule is CN=C(NCCNC(=O)c1ccc(Cl)cc1)N1CCN(c2ccccc2O)CC1. The highest BCUT2D eigenvalue weighted by Crippen LogP contribution is 2.27. The third-order valence-electron chi connectivity index (χ3n) is 4.81. The molecule has 7 nitrogen and oxygen atoms in total. The van der Waals surface area contributed by atoms with E-state index >= 15 is 0 Å². The number of nitrogens with one attached hydrogen (secondary N) is 2. The minimum absolute atomic E-state index is 0.130. The van der Waals surface area contributed by atoms with Crippen LogP contribution >= 0.6 is 11.6 Å². The monoisotopic (exact) mass is 415 g/mol. The minimum Gasteiger partial charge on any atom is -0.506 e. The number of anilines is 1. The first kappa shape index (κ1) is 20.8. The number of guanidine groups is 1. The Morgan fingerprint density at radius 2 is 1.69 bits per heavy atom. The summed E-state index contributed by atoms with van der Waals surface area (Å²) in [6.45, 7) is 4.25. The molecule has 0 aromatic heterocycles. The highest BCUT2D eigenvalue weighted by Gasteiger charge is 2.21. The Morgan fingerprint density at radius 1 is 1.03 bits per heavy atom. The maximum absolute atomic E-state index is 12.1. The average molecular weight is 416 g/mol. The second-order valence-electron chi connectivity index (χ2n) is 6.70. The van der Waals surface area contributed by atoms with Crippen molar-refractivity contribution in [2.75, 3.05) is 51.2 Å². The molecule has 2 aromatic carbocycles. The number of nitrogens with zero attached hydrogens (tertiary/aromatic N) is 3. The van der Waals surface area contributed by atoms with Gasteiger partial charge >= 0.3 is 0 Å². The first-order valence-electron chi connectivity index (χ1n) is 9.61. The second-order valence-corrected chi connectivity index (χ2v) is 7.14. The highest BCUT2D eigenvalue weighted by atomic mass is 35.5. The summed E-state index contributed by atoms with van der Waals surface area (Å²) >= 11 is 5.84. The fraction of sp³-hybridized carbons (Fsp3) is 0.333. The number of phenolic OH excluding ortho intramolecular Hbond substituents is 1. The lowest BCUT2D eigenvalue weighted by Gasteiger charge is -2.37. The number of benzene rings is 2. The summed E-state index contributed by atoms with van der Waals surface area (Å²) in [6.07, 6.45) is 0. The van der Waals surface area contributed by atoms with Gasteiger partial charge in [-0.1, -0.05) is 23.7 Å². The number of piperazine rings is 1. The van der Waals surface area contributed by atoms with Crippen molar-refractivity contribution in [1.29, 1.82) is 0 Å². The van der Waals surface area contributed by atoms with Crippen LogP contribution < -0.4 is 15.5 Å². The third-order valence-corrected chi connectivity index (χ3v) is 5.07. The second kappa shape index (κ2) is 10.0. The van der Waals surface area contributed by atoms with Gasteiger partial charge in [-0.25, -0.2) is 0 Å². The van der Waals surface area contributed by atoms with Gasteiger partial charge in [0.05, 0.1) is 5.69 Å². The van der Waals surface area contributed by atoms with Crippen molar-refractivity contribution in [3.05, 3.63) is 59.1 Å². The Hall–Kier alpha value is -2.93. The average Bonchev–Trinajstić information content (AvgIpc) is 2.75. The van der Waals surface area contributed by atoms with Crippen LogP contribution in [-0.2, 0) is 0 Å². The minimum atomic E-state index is -0.130. The Bertz CT molecular complexity index is 848. The molecule has 1 heterocycles. The normalized spacial score (nSPS) is 14.6. The van der Waals surface area contributed by atoms with Gasteiger partial charge in [0.15, 0.2) is 5.96 Å². The van der Waals surface area contributed by atoms with Gasteiger partial charge in [-0.3, -0.25) is 9.79 Å². The van der Waals surface area contributed by atoms with Crippen LogP contribution in [0.1, 0.15) is 10.4 Å². The number of phenols is 1. The number of carbonyl (C=O) groups is 1. The van der Waals surface area contributed by atoms with Crippen molar-refractivity contribution in [2.24, 2.45) is 4.99 Å². The molecule has 8 heteroatoms. The van der Waals surface area contributed by atoms with Crippen molar-refractivity contribution < 1.29 is 9.90 Å². The van der Waals surface area contributed by atoms with E-state index in [1.165, 1.54) is 0 Å². The molecule has 0 spiro atoms. The van der Waals surface area contributed by atoms with E-state index in [-0.39, 0.29) is 5.91 Å². The van der Waals surface area contributed by atoms with Gasteiger partial charge in [-0.2, -0.15) is 0 Å². The van der Waals surface area contributed by atoms with Crippen LogP contribution in [-0.4, -0.2) is 68.2 Å². The number of hydrogen-bond acceptors (Lipinski definition) is 4. The van der Waals surface area contributed by atoms with Gasteiger partial charge < -0.3 is 25.5 Å². The van der Waals surface area contributed by atoms with Gasteiger partial charge in [0, 0.05) is 56.9 Å². The van der Waals surface area contributed by atoms with E-state index < -0.39 is 0 Å². The van der Waals surface area contributed by atoms with Crippen LogP contribution in [0.5, 0.6) is 5.75 Å². The van der Waals surface area contributed by atoms with Crippen molar-refractivity contribution >= 4 is 29.2 Å². The zero-order valence-electron chi connectivity index (χ0n) is 16.4. The number of halogens is 1. The molecule has 1 saturated heterocycles. The van der Waals surface area contributed by atoms with Gasteiger partial charge in [0.25, 0.3) is 5.91 Å². The zero-order chi connectivity index (χ0) is 20.6. The molecule has 1 aliphatic heterocycles. The fourth-order valence-corrected chi connectivity index (χ4v) is 3.40. The summed E-state index contributed by atoms with van der Waals surface area (Å²) in [5, 5.41) is 16.8. The first-order chi connectivity index (χ1) is 14.1. The predicted molar refractivity (Wildman–Crippen MR) is 117 cm³/mol. The smallest absolute Gasteiger partial charge is 0.251 e. The Labute approximate surface area is 176 Å². The summed E-state index contributed by atoms with van der Waals surface area (Å²) in [7, 11) is 1.75. The zero-order valence-corrected chi connectivity index (χ0v) is 17.2. The number of para-hydroxylation sites is 2. The molecule has 0 unspecified atom stereocenters. The standard InChI is InChI=1S/C21H26ClN5O2/c1-23-21(25-11-10-24-20(29)16-6-8-17(22)9-7-16)27-14-12-26(13-15-27)18-4-2-3-5-19(18)28/h2-9,28H,10-15H2,1H3,(H,23,25)(H,24,29). The molecule has 0 aliphatic carbocycles. The summed E-state index contributed by atoms with van der Waals surface area (Å²) in [6, 6.07) is 14.2.